The molecule has 0 aliphatic carbocycles. The van der Waals surface area contributed by atoms with Crippen molar-refractivity contribution in [1.82, 2.24) is 30.2 Å². The monoisotopic (exact) mass is 356 g/mol. The third-order valence-corrected chi connectivity index (χ3v) is 4.02. The van der Waals surface area contributed by atoms with Crippen LogP contribution < -0.4 is 10.6 Å². The minimum absolute atomic E-state index is 0.113. The lowest BCUT2D eigenvalue weighted by Gasteiger charge is -2.14. The van der Waals surface area contributed by atoms with Gasteiger partial charge in [-0.3, -0.25) is 9.48 Å². The summed E-state index contributed by atoms with van der Waals surface area (Å²) in [6, 6.07) is 7.56. The summed E-state index contributed by atoms with van der Waals surface area (Å²) in [7, 11) is 3.55. The molecule has 7 nitrogen and oxygen atoms in total. The fourth-order valence-corrected chi connectivity index (χ4v) is 2.69. The molecule has 0 radical (unpaired) electrons. The molecule has 2 aromatic heterocycles. The second-order valence-corrected chi connectivity index (χ2v) is 5.94. The van der Waals surface area contributed by atoms with Crippen molar-refractivity contribution in [2.45, 2.75) is 12.5 Å². The number of amides is 1. The second-order valence-electron chi connectivity index (χ2n) is 5.94. The van der Waals surface area contributed by atoms with Gasteiger partial charge in [-0.05, 0) is 37.4 Å². The Morgan fingerprint density at radius 1 is 1.27 bits per heavy atom. The van der Waals surface area contributed by atoms with Crippen molar-refractivity contribution in [2.24, 2.45) is 7.05 Å². The molecule has 0 aliphatic rings. The third kappa shape index (κ3) is 4.15. The van der Waals surface area contributed by atoms with E-state index in [1.54, 1.807) is 34.7 Å². The molecule has 3 aromatic rings. The lowest BCUT2D eigenvalue weighted by atomic mass is 10.1. The highest BCUT2D eigenvalue weighted by atomic mass is 19.1. The van der Waals surface area contributed by atoms with E-state index in [9.17, 15) is 9.18 Å². The first-order chi connectivity index (χ1) is 12.6. The zero-order valence-corrected chi connectivity index (χ0v) is 14.7. The Hall–Kier alpha value is -3.00. The molecule has 8 heteroatoms. The van der Waals surface area contributed by atoms with Crippen LogP contribution in [0, 0.1) is 5.82 Å². The molecule has 1 amide bonds. The number of hydrogen-bond acceptors (Lipinski definition) is 4. The molecule has 0 saturated carbocycles. The largest absolute Gasteiger partial charge is 0.354 e. The van der Waals surface area contributed by atoms with Crippen LogP contribution in [0.4, 0.5) is 4.39 Å². The molecule has 26 heavy (non-hydrogen) atoms. The van der Waals surface area contributed by atoms with Gasteiger partial charge in [-0.15, -0.1) is 0 Å². The zero-order chi connectivity index (χ0) is 18.5. The molecule has 0 bridgehead atoms. The van der Waals surface area contributed by atoms with E-state index in [-0.39, 0.29) is 11.7 Å². The number of nitrogens with one attached hydrogen (secondary N) is 2. The van der Waals surface area contributed by atoms with Gasteiger partial charge in [-0.1, -0.05) is 0 Å². The van der Waals surface area contributed by atoms with Crippen LogP contribution in [0.5, 0.6) is 0 Å². The van der Waals surface area contributed by atoms with Gasteiger partial charge < -0.3 is 10.6 Å². The van der Waals surface area contributed by atoms with Gasteiger partial charge in [0.15, 0.2) is 0 Å². The van der Waals surface area contributed by atoms with Crippen LogP contribution in [0.3, 0.4) is 0 Å². The van der Waals surface area contributed by atoms with Crippen LogP contribution in [0.15, 0.2) is 48.9 Å². The quantitative estimate of drug-likeness (QED) is 0.670. The molecule has 0 fully saturated rings. The highest BCUT2D eigenvalue weighted by molar-refractivity contribution is 5.83. The minimum Gasteiger partial charge on any atom is -0.354 e. The maximum Gasteiger partial charge on any atom is 0.241 e. The van der Waals surface area contributed by atoms with E-state index >= 15 is 0 Å². The number of carbonyl (C=O) groups is 1. The van der Waals surface area contributed by atoms with Crippen LogP contribution in [-0.2, 0) is 18.3 Å². The number of aromatic nitrogens is 4. The summed E-state index contributed by atoms with van der Waals surface area (Å²) in [5.74, 6) is -0.394. The van der Waals surface area contributed by atoms with Gasteiger partial charge in [0, 0.05) is 38.0 Å². The fraction of sp³-hybridized carbons (Fsp3) is 0.278. The molecule has 136 valence electrons. The number of carbonyl (C=O) groups excluding carboxylic acids is 1. The van der Waals surface area contributed by atoms with E-state index in [2.05, 4.69) is 20.8 Å². The first kappa shape index (κ1) is 17.8. The van der Waals surface area contributed by atoms with Gasteiger partial charge in [0.05, 0.1) is 17.6 Å². The number of nitrogens with zero attached hydrogens (tertiary/aromatic N) is 4. The van der Waals surface area contributed by atoms with E-state index in [4.69, 9.17) is 0 Å². The van der Waals surface area contributed by atoms with E-state index in [1.165, 1.54) is 12.1 Å². The van der Waals surface area contributed by atoms with Crippen molar-refractivity contribution in [3.05, 3.63) is 66.0 Å². The Balaban J connectivity index is 1.54. The third-order valence-electron chi connectivity index (χ3n) is 4.02. The maximum absolute atomic E-state index is 13.0. The van der Waals surface area contributed by atoms with Gasteiger partial charge in [0.2, 0.25) is 5.91 Å². The molecule has 2 heterocycles. The Bertz CT molecular complexity index is 870. The molecule has 3 rings (SSSR count). The summed E-state index contributed by atoms with van der Waals surface area (Å²) in [6.07, 6.45) is 5.90. The highest BCUT2D eigenvalue weighted by Gasteiger charge is 2.19. The van der Waals surface area contributed by atoms with Gasteiger partial charge in [0.1, 0.15) is 11.9 Å². The smallest absolute Gasteiger partial charge is 0.241 e. The van der Waals surface area contributed by atoms with Gasteiger partial charge in [-0.2, -0.15) is 10.2 Å². The minimum atomic E-state index is -0.444. The number of aryl methyl sites for hydroxylation is 1. The highest BCUT2D eigenvalue weighted by Crippen LogP contribution is 2.11. The second kappa shape index (κ2) is 7.92. The van der Waals surface area contributed by atoms with E-state index < -0.39 is 6.04 Å². The molecular weight excluding hydrogens is 335 g/mol. The predicted molar refractivity (Wildman–Crippen MR) is 95.2 cm³/mol. The maximum atomic E-state index is 13.0. The Kier molecular flexibility index (Phi) is 5.43. The predicted octanol–water partition coefficient (Wildman–Crippen LogP) is 1.36. The number of benzene rings is 1. The summed E-state index contributed by atoms with van der Waals surface area (Å²) in [5.41, 5.74) is 2.44. The summed E-state index contributed by atoms with van der Waals surface area (Å²) in [6.45, 7) is 0.470. The molecule has 0 spiro atoms. The molecule has 1 unspecified atom stereocenters. The van der Waals surface area contributed by atoms with Crippen molar-refractivity contribution in [1.29, 1.82) is 0 Å². The van der Waals surface area contributed by atoms with Crippen LogP contribution in [0.1, 0.15) is 17.3 Å². The first-order valence-electron chi connectivity index (χ1n) is 8.31. The number of halogens is 1. The molecule has 1 aromatic carbocycles. The lowest BCUT2D eigenvalue weighted by Crippen LogP contribution is -2.36. The average molecular weight is 356 g/mol. The summed E-state index contributed by atoms with van der Waals surface area (Å²) in [4.78, 5) is 12.4. The summed E-state index contributed by atoms with van der Waals surface area (Å²) < 4.78 is 16.3. The van der Waals surface area contributed by atoms with E-state index in [0.717, 1.165) is 16.9 Å². The van der Waals surface area contributed by atoms with Gasteiger partial charge in [-0.25, -0.2) is 9.07 Å². The van der Waals surface area contributed by atoms with E-state index in [1.807, 2.05) is 25.5 Å². The number of rotatable bonds is 7. The molecule has 0 saturated heterocycles. The lowest BCUT2D eigenvalue weighted by molar-refractivity contribution is -0.123. The van der Waals surface area contributed by atoms with Crippen LogP contribution >= 0.6 is 0 Å². The zero-order valence-electron chi connectivity index (χ0n) is 14.7. The Labute approximate surface area is 150 Å². The number of hydrogen-bond donors (Lipinski definition) is 2. The average Bonchev–Trinajstić information content (AvgIpc) is 3.26. The first-order valence-corrected chi connectivity index (χ1v) is 8.31. The SMILES string of the molecule is CNC(C(=O)NCCc1ccn(-c2ccc(F)cc2)n1)c1cnn(C)c1. The normalized spacial score (nSPS) is 12.1. The van der Waals surface area contributed by atoms with Crippen molar-refractivity contribution in [3.8, 4) is 5.69 Å². The van der Waals surface area contributed by atoms with Crippen molar-refractivity contribution in [2.75, 3.05) is 13.6 Å². The van der Waals surface area contributed by atoms with Crippen LogP contribution in [0.25, 0.3) is 5.69 Å². The Morgan fingerprint density at radius 3 is 2.69 bits per heavy atom. The van der Waals surface area contributed by atoms with Crippen molar-refractivity contribution in [3.63, 3.8) is 0 Å². The fourth-order valence-electron chi connectivity index (χ4n) is 2.69. The van der Waals surface area contributed by atoms with Gasteiger partial charge in [0.25, 0.3) is 0 Å². The molecule has 1 atom stereocenters. The van der Waals surface area contributed by atoms with E-state index in [0.29, 0.717) is 13.0 Å². The van der Waals surface area contributed by atoms with Gasteiger partial charge >= 0.3 is 0 Å². The van der Waals surface area contributed by atoms with Crippen LogP contribution in [-0.4, -0.2) is 39.1 Å². The Morgan fingerprint density at radius 2 is 2.04 bits per heavy atom. The van der Waals surface area contributed by atoms with Crippen molar-refractivity contribution >= 4 is 5.91 Å². The summed E-state index contributed by atoms with van der Waals surface area (Å²) >= 11 is 0. The number of likely N-dealkylation sites (N-methyl/N-ethyl adjacent to an activating group) is 1. The standard InChI is InChI=1S/C18H21FN6O/c1-20-17(13-11-22-24(2)12-13)18(26)21-9-7-15-8-10-25(23-15)16-5-3-14(19)4-6-16/h3-6,8,10-12,17,20H,7,9H2,1-2H3,(H,21,26). The summed E-state index contributed by atoms with van der Waals surface area (Å²) in [5, 5.41) is 14.4. The topological polar surface area (TPSA) is 76.8 Å². The molecular formula is C18H21FN6O. The van der Waals surface area contributed by atoms with Crippen molar-refractivity contribution < 1.29 is 9.18 Å². The molecule has 2 N–H and O–H groups in total. The molecule has 0 aliphatic heterocycles. The van der Waals surface area contributed by atoms with Crippen LogP contribution in [0.2, 0.25) is 0 Å².